The highest BCUT2D eigenvalue weighted by Crippen LogP contribution is 2.27. The Balaban J connectivity index is 2.06. The Morgan fingerprint density at radius 1 is 0.850 bits per heavy atom. The van der Waals surface area contributed by atoms with E-state index in [0.29, 0.717) is 0 Å². The highest BCUT2D eigenvalue weighted by Gasteiger charge is 2.19. The van der Waals surface area contributed by atoms with Gasteiger partial charge in [0.15, 0.2) is 0 Å². The zero-order chi connectivity index (χ0) is 14.7. The van der Waals surface area contributed by atoms with Gasteiger partial charge in [-0.05, 0) is 30.2 Å². The molecule has 1 aromatic carbocycles. The highest BCUT2D eigenvalue weighted by atomic mass is 16.5. The molecule has 114 valence electrons. The van der Waals surface area contributed by atoms with Crippen LogP contribution in [-0.2, 0) is 10.2 Å². The second-order valence-corrected chi connectivity index (χ2v) is 6.38. The van der Waals surface area contributed by atoms with Gasteiger partial charge in [0.05, 0.1) is 0 Å². The fourth-order valence-electron chi connectivity index (χ4n) is 2.56. The van der Waals surface area contributed by atoms with Crippen LogP contribution in [0.4, 0.5) is 0 Å². The summed E-state index contributed by atoms with van der Waals surface area (Å²) in [4.78, 5) is 0. The topological polar surface area (TPSA) is 9.23 Å². The minimum absolute atomic E-state index is 0.256. The maximum Gasteiger partial charge on any atom is 0.0466 e. The molecule has 1 nitrogen and oxygen atoms in total. The fourth-order valence-corrected chi connectivity index (χ4v) is 2.56. The zero-order valence-electron chi connectivity index (χ0n) is 13.7. The van der Waals surface area contributed by atoms with E-state index in [4.69, 9.17) is 4.74 Å². The molecule has 0 N–H and O–H groups in total. The molecule has 0 aromatic heterocycles. The minimum atomic E-state index is 0.256. The van der Waals surface area contributed by atoms with E-state index >= 15 is 0 Å². The van der Waals surface area contributed by atoms with Crippen LogP contribution in [0.25, 0.3) is 0 Å². The van der Waals surface area contributed by atoms with Gasteiger partial charge >= 0.3 is 0 Å². The first-order valence-electron chi connectivity index (χ1n) is 8.30. The minimum Gasteiger partial charge on any atom is -0.381 e. The molecule has 0 amide bonds. The zero-order valence-corrected chi connectivity index (χ0v) is 13.7. The summed E-state index contributed by atoms with van der Waals surface area (Å²) in [6.07, 6.45) is 8.93. The van der Waals surface area contributed by atoms with Crippen molar-refractivity contribution in [2.45, 2.75) is 71.1 Å². The summed E-state index contributed by atoms with van der Waals surface area (Å²) in [6, 6.07) is 10.8. The molecular formula is C19H32O. The Bertz CT molecular complexity index is 329. The van der Waals surface area contributed by atoms with E-state index in [0.717, 1.165) is 19.6 Å². The molecule has 0 bridgehead atoms. The lowest BCUT2D eigenvalue weighted by Gasteiger charge is -2.25. The van der Waals surface area contributed by atoms with Gasteiger partial charge in [-0.15, -0.1) is 0 Å². The molecule has 0 atom stereocenters. The summed E-state index contributed by atoms with van der Waals surface area (Å²) < 4.78 is 5.75. The summed E-state index contributed by atoms with van der Waals surface area (Å²) in [5, 5.41) is 0. The monoisotopic (exact) mass is 276 g/mol. The van der Waals surface area contributed by atoms with Crippen LogP contribution in [0.2, 0.25) is 0 Å². The third-order valence-electron chi connectivity index (χ3n) is 4.04. The van der Waals surface area contributed by atoms with Gasteiger partial charge in [0.25, 0.3) is 0 Å². The molecule has 0 unspecified atom stereocenters. The first-order valence-corrected chi connectivity index (χ1v) is 8.30. The second kappa shape index (κ2) is 9.99. The summed E-state index contributed by atoms with van der Waals surface area (Å²) in [7, 11) is 0. The average Bonchev–Trinajstić information content (AvgIpc) is 2.46. The number of unbranched alkanes of at least 4 members (excludes halogenated alkanes) is 4. The summed E-state index contributed by atoms with van der Waals surface area (Å²) in [6.45, 7) is 8.75. The highest BCUT2D eigenvalue weighted by molar-refractivity contribution is 5.23. The molecule has 0 aliphatic rings. The Kier molecular flexibility index (Phi) is 8.60. The molecule has 0 saturated carbocycles. The Morgan fingerprint density at radius 2 is 1.50 bits per heavy atom. The van der Waals surface area contributed by atoms with Crippen LogP contribution in [0.3, 0.4) is 0 Å². The van der Waals surface area contributed by atoms with Crippen LogP contribution in [-0.4, -0.2) is 13.2 Å². The summed E-state index contributed by atoms with van der Waals surface area (Å²) in [5.41, 5.74) is 1.69. The third-order valence-corrected chi connectivity index (χ3v) is 4.04. The quantitative estimate of drug-likeness (QED) is 0.469. The first-order chi connectivity index (χ1) is 9.67. The van der Waals surface area contributed by atoms with Crippen LogP contribution >= 0.6 is 0 Å². The van der Waals surface area contributed by atoms with E-state index in [1.807, 2.05) is 0 Å². The number of rotatable bonds is 11. The fraction of sp³-hybridized carbons (Fsp3) is 0.684. The Morgan fingerprint density at radius 3 is 2.20 bits per heavy atom. The smallest absolute Gasteiger partial charge is 0.0466 e. The molecule has 1 heteroatoms. The van der Waals surface area contributed by atoms with Crippen molar-refractivity contribution in [3.05, 3.63) is 35.9 Å². The molecule has 0 fully saturated rings. The standard InChI is InChI=1S/C19H32O/c1-4-5-6-7-11-16-20-17-12-15-19(2,3)18-13-9-8-10-14-18/h8-10,13-14H,4-7,11-12,15-17H2,1-3H3. The number of benzene rings is 1. The van der Waals surface area contributed by atoms with Crippen LogP contribution in [0.15, 0.2) is 30.3 Å². The van der Waals surface area contributed by atoms with Crippen LogP contribution in [0.1, 0.15) is 71.3 Å². The van der Waals surface area contributed by atoms with E-state index in [1.54, 1.807) is 0 Å². The van der Waals surface area contributed by atoms with Gasteiger partial charge < -0.3 is 4.74 Å². The van der Waals surface area contributed by atoms with Crippen LogP contribution in [0, 0.1) is 0 Å². The third kappa shape index (κ3) is 7.09. The Hall–Kier alpha value is -0.820. The van der Waals surface area contributed by atoms with Crippen molar-refractivity contribution in [1.82, 2.24) is 0 Å². The SMILES string of the molecule is CCCCCCCOCCCC(C)(C)c1ccccc1. The normalized spacial score (nSPS) is 11.8. The van der Waals surface area contributed by atoms with Gasteiger partial charge in [-0.3, -0.25) is 0 Å². The van der Waals surface area contributed by atoms with Crippen molar-refractivity contribution in [3.8, 4) is 0 Å². The van der Waals surface area contributed by atoms with Crippen LogP contribution < -0.4 is 0 Å². The second-order valence-electron chi connectivity index (χ2n) is 6.38. The van der Waals surface area contributed by atoms with Gasteiger partial charge in [0, 0.05) is 13.2 Å². The molecule has 20 heavy (non-hydrogen) atoms. The van der Waals surface area contributed by atoms with Gasteiger partial charge in [-0.25, -0.2) is 0 Å². The largest absolute Gasteiger partial charge is 0.381 e. The van der Waals surface area contributed by atoms with Crippen molar-refractivity contribution in [1.29, 1.82) is 0 Å². The van der Waals surface area contributed by atoms with E-state index in [9.17, 15) is 0 Å². The number of ether oxygens (including phenoxy) is 1. The molecule has 1 rings (SSSR count). The number of hydrogen-bond donors (Lipinski definition) is 0. The van der Waals surface area contributed by atoms with Crippen molar-refractivity contribution in [2.24, 2.45) is 0 Å². The van der Waals surface area contributed by atoms with E-state index in [1.165, 1.54) is 44.1 Å². The molecule has 0 radical (unpaired) electrons. The van der Waals surface area contributed by atoms with Crippen LogP contribution in [0.5, 0.6) is 0 Å². The first kappa shape index (κ1) is 17.2. The lowest BCUT2D eigenvalue weighted by atomic mass is 9.81. The lowest BCUT2D eigenvalue weighted by Crippen LogP contribution is -2.17. The van der Waals surface area contributed by atoms with Crippen molar-refractivity contribution in [2.75, 3.05) is 13.2 Å². The van der Waals surface area contributed by atoms with Gasteiger partial charge in [-0.1, -0.05) is 76.8 Å². The van der Waals surface area contributed by atoms with Crippen molar-refractivity contribution >= 4 is 0 Å². The van der Waals surface area contributed by atoms with E-state index in [2.05, 4.69) is 51.1 Å². The molecule has 0 spiro atoms. The molecule has 0 aliphatic heterocycles. The maximum absolute atomic E-state index is 5.75. The number of hydrogen-bond acceptors (Lipinski definition) is 1. The van der Waals surface area contributed by atoms with Crippen molar-refractivity contribution < 1.29 is 4.74 Å². The molecule has 0 aliphatic carbocycles. The molecule has 1 aromatic rings. The summed E-state index contributed by atoms with van der Waals surface area (Å²) in [5.74, 6) is 0. The summed E-state index contributed by atoms with van der Waals surface area (Å²) >= 11 is 0. The molecule has 0 saturated heterocycles. The molecular weight excluding hydrogens is 244 g/mol. The Labute approximate surface area is 125 Å². The molecule has 0 heterocycles. The maximum atomic E-state index is 5.75. The van der Waals surface area contributed by atoms with E-state index < -0.39 is 0 Å². The van der Waals surface area contributed by atoms with Gasteiger partial charge in [0.1, 0.15) is 0 Å². The van der Waals surface area contributed by atoms with E-state index in [-0.39, 0.29) is 5.41 Å². The predicted octanol–water partition coefficient (Wildman–Crippen LogP) is 5.73. The lowest BCUT2D eigenvalue weighted by molar-refractivity contribution is 0.122. The van der Waals surface area contributed by atoms with Crippen molar-refractivity contribution in [3.63, 3.8) is 0 Å². The van der Waals surface area contributed by atoms with Gasteiger partial charge in [0.2, 0.25) is 0 Å². The van der Waals surface area contributed by atoms with Gasteiger partial charge in [-0.2, -0.15) is 0 Å². The average molecular weight is 276 g/mol. The predicted molar refractivity (Wildman–Crippen MR) is 88.3 cm³/mol.